The van der Waals surface area contributed by atoms with E-state index in [1.165, 1.54) is 0 Å². The van der Waals surface area contributed by atoms with E-state index in [4.69, 9.17) is 41.5 Å². The summed E-state index contributed by atoms with van der Waals surface area (Å²) in [5.41, 5.74) is 7.00. The van der Waals surface area contributed by atoms with Crippen molar-refractivity contribution in [1.82, 2.24) is 29.9 Å². The van der Waals surface area contributed by atoms with Gasteiger partial charge in [-0.25, -0.2) is 29.9 Å². The van der Waals surface area contributed by atoms with E-state index in [9.17, 15) is 0 Å². The fourth-order valence-corrected chi connectivity index (χ4v) is 6.68. The molecule has 0 aliphatic rings. The van der Waals surface area contributed by atoms with Crippen LogP contribution in [-0.4, -0.2) is 29.9 Å². The third kappa shape index (κ3) is 6.44. The van der Waals surface area contributed by atoms with Crippen molar-refractivity contribution in [1.29, 1.82) is 0 Å². The summed E-state index contributed by atoms with van der Waals surface area (Å²) in [7, 11) is 0. The third-order valence-corrected chi connectivity index (χ3v) is 9.41. The van der Waals surface area contributed by atoms with E-state index in [0.717, 1.165) is 49.7 Å². The average molecular weight is 701 g/mol. The van der Waals surface area contributed by atoms with E-state index in [1.807, 2.05) is 146 Å². The average Bonchev–Trinajstić information content (AvgIpc) is 3.24. The van der Waals surface area contributed by atoms with Crippen LogP contribution in [0.15, 0.2) is 176 Å². The predicted molar refractivity (Wildman–Crippen MR) is 214 cm³/mol. The van der Waals surface area contributed by atoms with Gasteiger partial charge in [-0.3, -0.25) is 0 Å². The molecule has 53 heavy (non-hydrogen) atoms. The van der Waals surface area contributed by atoms with Crippen LogP contribution in [0, 0.1) is 0 Å². The van der Waals surface area contributed by atoms with Gasteiger partial charge in [0.05, 0.1) is 5.02 Å². The Bertz CT molecular complexity index is 2670. The van der Waals surface area contributed by atoms with E-state index in [1.54, 1.807) is 0 Å². The summed E-state index contributed by atoms with van der Waals surface area (Å²) >= 11 is 6.96. The number of fused-ring (bicyclic) bond motifs is 1. The van der Waals surface area contributed by atoms with Gasteiger partial charge in [0.1, 0.15) is 0 Å². The molecule has 7 heteroatoms. The van der Waals surface area contributed by atoms with E-state index in [-0.39, 0.29) is 0 Å². The third-order valence-electron chi connectivity index (χ3n) is 9.08. The summed E-state index contributed by atoms with van der Waals surface area (Å²) in [6.45, 7) is 0. The van der Waals surface area contributed by atoms with Gasteiger partial charge in [0.2, 0.25) is 0 Å². The quantitative estimate of drug-likeness (QED) is 0.165. The first-order chi connectivity index (χ1) is 26.2. The Hall–Kier alpha value is -6.89. The van der Waals surface area contributed by atoms with Crippen LogP contribution in [-0.2, 0) is 0 Å². The summed E-state index contributed by atoms with van der Waals surface area (Å²) in [6, 6.07) is 58.4. The Balaban J connectivity index is 1.21. The lowest BCUT2D eigenvalue weighted by molar-refractivity contribution is 1.07. The Morgan fingerprint density at radius 3 is 1.30 bits per heavy atom. The lowest BCUT2D eigenvalue weighted by atomic mass is 9.97. The summed E-state index contributed by atoms with van der Waals surface area (Å²) < 4.78 is 0. The molecule has 0 spiro atoms. The normalized spacial score (nSPS) is 11.1. The van der Waals surface area contributed by atoms with Gasteiger partial charge in [-0.1, -0.05) is 175 Å². The molecule has 0 saturated heterocycles. The first-order valence-corrected chi connectivity index (χ1v) is 17.6. The molecular weight excluding hydrogens is 672 g/mol. The molecule has 0 N–H and O–H groups in total. The van der Waals surface area contributed by atoms with Crippen molar-refractivity contribution in [3.8, 4) is 79.5 Å². The molecule has 9 aromatic rings. The molecular formula is C46H29ClN6. The molecule has 2 aromatic heterocycles. The maximum Gasteiger partial charge on any atom is 0.165 e. The number of nitrogens with zero attached hydrogens (tertiary/aromatic N) is 6. The number of halogens is 1. The summed E-state index contributed by atoms with van der Waals surface area (Å²) in [4.78, 5) is 30.0. The molecule has 0 radical (unpaired) electrons. The number of hydrogen-bond acceptors (Lipinski definition) is 6. The monoisotopic (exact) mass is 700 g/mol. The second kappa shape index (κ2) is 14.0. The van der Waals surface area contributed by atoms with Crippen LogP contribution in [0.1, 0.15) is 0 Å². The Morgan fingerprint density at radius 1 is 0.283 bits per heavy atom. The highest BCUT2D eigenvalue weighted by molar-refractivity contribution is 6.33. The van der Waals surface area contributed by atoms with Crippen molar-refractivity contribution >= 4 is 22.4 Å². The molecule has 250 valence electrons. The van der Waals surface area contributed by atoms with Crippen LogP contribution in [0.3, 0.4) is 0 Å². The highest BCUT2D eigenvalue weighted by atomic mass is 35.5. The van der Waals surface area contributed by atoms with Gasteiger partial charge in [-0.05, 0) is 34.0 Å². The standard InChI is InChI=1S/C46H29ClN6/c47-40-28-27-34(29-39(40)46-51-41(31-16-4-1-5-17-31)48-42(52-46)32-18-6-2-7-19-32)36-24-12-13-25-37(36)44-49-43(33-20-8-3-9-21-33)50-45(53-44)38-26-14-22-30-15-10-11-23-35(30)38/h1-29H. The van der Waals surface area contributed by atoms with Gasteiger partial charge >= 0.3 is 0 Å². The van der Waals surface area contributed by atoms with Crippen molar-refractivity contribution in [2.45, 2.75) is 0 Å². The van der Waals surface area contributed by atoms with Gasteiger partial charge < -0.3 is 0 Å². The molecule has 0 aliphatic carbocycles. The molecule has 0 aliphatic heterocycles. The molecule has 9 rings (SSSR count). The number of hydrogen-bond donors (Lipinski definition) is 0. The van der Waals surface area contributed by atoms with Gasteiger partial charge in [-0.15, -0.1) is 0 Å². The van der Waals surface area contributed by atoms with E-state index < -0.39 is 0 Å². The van der Waals surface area contributed by atoms with Crippen molar-refractivity contribution in [3.05, 3.63) is 181 Å². The molecule has 6 nitrogen and oxygen atoms in total. The van der Waals surface area contributed by atoms with Gasteiger partial charge in [0.25, 0.3) is 0 Å². The molecule has 0 saturated carbocycles. The lowest BCUT2D eigenvalue weighted by Gasteiger charge is -2.14. The van der Waals surface area contributed by atoms with E-state index >= 15 is 0 Å². The van der Waals surface area contributed by atoms with Gasteiger partial charge in [0, 0.05) is 33.4 Å². The largest absolute Gasteiger partial charge is 0.208 e. The fourth-order valence-electron chi connectivity index (χ4n) is 6.48. The summed E-state index contributed by atoms with van der Waals surface area (Å²) in [5, 5.41) is 2.72. The number of benzene rings is 7. The zero-order chi connectivity index (χ0) is 35.6. The van der Waals surface area contributed by atoms with E-state index in [0.29, 0.717) is 45.5 Å². The van der Waals surface area contributed by atoms with Gasteiger partial charge in [-0.2, -0.15) is 0 Å². The zero-order valence-corrected chi connectivity index (χ0v) is 29.1. The molecule has 0 fully saturated rings. The van der Waals surface area contributed by atoms with Crippen LogP contribution in [0.4, 0.5) is 0 Å². The van der Waals surface area contributed by atoms with Crippen LogP contribution in [0.25, 0.3) is 90.2 Å². The van der Waals surface area contributed by atoms with Crippen molar-refractivity contribution in [3.63, 3.8) is 0 Å². The first kappa shape index (κ1) is 32.0. The number of aromatic nitrogens is 6. The molecule has 7 aromatic carbocycles. The maximum absolute atomic E-state index is 6.96. The smallest absolute Gasteiger partial charge is 0.165 e. The molecule has 0 unspecified atom stereocenters. The minimum Gasteiger partial charge on any atom is -0.208 e. The molecule has 0 atom stereocenters. The number of rotatable bonds is 7. The van der Waals surface area contributed by atoms with Crippen molar-refractivity contribution in [2.24, 2.45) is 0 Å². The lowest BCUT2D eigenvalue weighted by Crippen LogP contribution is -2.02. The van der Waals surface area contributed by atoms with Crippen LogP contribution in [0.5, 0.6) is 0 Å². The van der Waals surface area contributed by atoms with Crippen LogP contribution >= 0.6 is 11.6 Å². The minimum atomic E-state index is 0.479. The second-order valence-electron chi connectivity index (χ2n) is 12.5. The minimum absolute atomic E-state index is 0.479. The Morgan fingerprint density at radius 2 is 0.698 bits per heavy atom. The van der Waals surface area contributed by atoms with Crippen LogP contribution < -0.4 is 0 Å². The van der Waals surface area contributed by atoms with Crippen molar-refractivity contribution < 1.29 is 0 Å². The van der Waals surface area contributed by atoms with Gasteiger partial charge in [0.15, 0.2) is 34.9 Å². The molecule has 2 heterocycles. The predicted octanol–water partition coefficient (Wildman–Crippen LogP) is 11.5. The topological polar surface area (TPSA) is 77.3 Å². The summed E-state index contributed by atoms with van der Waals surface area (Å²) in [5.74, 6) is 3.37. The Labute approximate surface area is 311 Å². The van der Waals surface area contributed by atoms with Crippen LogP contribution in [0.2, 0.25) is 5.02 Å². The van der Waals surface area contributed by atoms with E-state index in [2.05, 4.69) is 30.3 Å². The fraction of sp³-hybridized carbons (Fsp3) is 0. The molecule has 0 bridgehead atoms. The second-order valence-corrected chi connectivity index (χ2v) is 12.9. The summed E-state index contributed by atoms with van der Waals surface area (Å²) in [6.07, 6.45) is 0. The first-order valence-electron chi connectivity index (χ1n) is 17.2. The Kier molecular flexibility index (Phi) is 8.48. The zero-order valence-electron chi connectivity index (χ0n) is 28.3. The van der Waals surface area contributed by atoms with Crippen molar-refractivity contribution in [2.75, 3.05) is 0 Å². The highest BCUT2D eigenvalue weighted by Gasteiger charge is 2.19. The highest BCUT2D eigenvalue weighted by Crippen LogP contribution is 2.37. The molecule has 0 amide bonds. The maximum atomic E-state index is 6.96. The SMILES string of the molecule is Clc1ccc(-c2ccccc2-c2nc(-c3ccccc3)nc(-c3cccc4ccccc34)n2)cc1-c1nc(-c2ccccc2)nc(-c2ccccc2)n1.